The van der Waals surface area contributed by atoms with E-state index in [0.29, 0.717) is 34.6 Å². The molecule has 2 aromatic heterocycles. The van der Waals surface area contributed by atoms with Gasteiger partial charge in [0.1, 0.15) is 11.6 Å². The molecule has 0 aliphatic heterocycles. The Kier molecular flexibility index (Phi) is 4.76. The first-order valence-corrected chi connectivity index (χ1v) is 9.03. The molecule has 7 nitrogen and oxygen atoms in total. The minimum Gasteiger partial charge on any atom is -0.347 e. The van der Waals surface area contributed by atoms with Crippen LogP contribution in [-0.2, 0) is 6.18 Å². The number of fused-ring (bicyclic) bond motifs is 1. The number of nitrogens with zero attached hydrogens (tertiary/aromatic N) is 5. The number of benzene rings is 2. The van der Waals surface area contributed by atoms with Crippen molar-refractivity contribution < 1.29 is 13.2 Å². The van der Waals surface area contributed by atoms with Crippen LogP contribution in [0.25, 0.3) is 22.4 Å². The molecule has 0 saturated heterocycles. The lowest BCUT2D eigenvalue weighted by atomic mass is 10.1. The number of aromatic nitrogens is 5. The van der Waals surface area contributed by atoms with E-state index in [1.54, 1.807) is 11.8 Å². The van der Waals surface area contributed by atoms with Gasteiger partial charge in [0, 0.05) is 25.3 Å². The molecule has 0 spiro atoms. The number of hydrogen-bond donors (Lipinski definition) is 2. The Morgan fingerprint density at radius 3 is 2.33 bits per heavy atom. The Hall–Kier alpha value is -3.69. The van der Waals surface area contributed by atoms with Crippen molar-refractivity contribution in [2.24, 2.45) is 0 Å². The lowest BCUT2D eigenvalue weighted by Gasteiger charge is -2.12. The van der Waals surface area contributed by atoms with Crippen molar-refractivity contribution in [3.8, 4) is 11.4 Å². The first-order valence-electron chi connectivity index (χ1n) is 9.03. The molecule has 2 heterocycles. The lowest BCUT2D eigenvalue weighted by Crippen LogP contribution is -2.15. The number of hydrogen-bond acceptors (Lipinski definition) is 6. The average molecular weight is 413 g/mol. The van der Waals surface area contributed by atoms with Gasteiger partial charge in [-0.15, -0.1) is 0 Å². The molecule has 2 aromatic carbocycles. The molecule has 0 radical (unpaired) electrons. The molecule has 4 rings (SSSR count). The third-order valence-electron chi connectivity index (χ3n) is 4.36. The van der Waals surface area contributed by atoms with Gasteiger partial charge >= 0.3 is 6.18 Å². The van der Waals surface area contributed by atoms with Crippen LogP contribution in [0, 0.1) is 6.92 Å². The van der Waals surface area contributed by atoms with Gasteiger partial charge in [-0.1, -0.05) is 12.1 Å². The molecular weight excluding hydrogens is 395 g/mol. The summed E-state index contributed by atoms with van der Waals surface area (Å²) in [6, 6.07) is 10.4. The smallest absolute Gasteiger partial charge is 0.347 e. The van der Waals surface area contributed by atoms with Crippen molar-refractivity contribution in [1.29, 1.82) is 0 Å². The zero-order valence-corrected chi connectivity index (χ0v) is 16.4. The number of rotatable bonds is 4. The minimum absolute atomic E-state index is 0.410. The highest BCUT2D eigenvalue weighted by atomic mass is 19.4. The van der Waals surface area contributed by atoms with E-state index < -0.39 is 11.7 Å². The van der Waals surface area contributed by atoms with Crippen LogP contribution < -0.4 is 10.2 Å². The summed E-state index contributed by atoms with van der Waals surface area (Å²) in [5.74, 6) is 2.02. The number of H-pyrrole nitrogens is 1. The van der Waals surface area contributed by atoms with E-state index in [2.05, 4.69) is 30.2 Å². The quantitative estimate of drug-likeness (QED) is 0.511. The number of alkyl halides is 3. The second-order valence-corrected chi connectivity index (χ2v) is 6.92. The molecule has 0 bridgehead atoms. The highest BCUT2D eigenvalue weighted by Crippen LogP contribution is 2.31. The van der Waals surface area contributed by atoms with Crippen LogP contribution in [0.2, 0.25) is 0 Å². The lowest BCUT2D eigenvalue weighted by molar-refractivity contribution is -0.137. The topological polar surface area (TPSA) is 82.6 Å². The fraction of sp³-hybridized carbons (Fsp3) is 0.200. The van der Waals surface area contributed by atoms with Gasteiger partial charge in [-0.25, -0.2) is 4.98 Å². The number of halogens is 3. The van der Waals surface area contributed by atoms with Gasteiger partial charge < -0.3 is 15.2 Å². The Morgan fingerprint density at radius 2 is 1.67 bits per heavy atom. The summed E-state index contributed by atoms with van der Waals surface area (Å²) in [6.45, 7) is 1.79. The second kappa shape index (κ2) is 7.29. The molecule has 0 amide bonds. The Bertz CT molecular complexity index is 1200. The predicted molar refractivity (Wildman–Crippen MR) is 109 cm³/mol. The van der Waals surface area contributed by atoms with Gasteiger partial charge in [0.2, 0.25) is 11.9 Å². The third-order valence-corrected chi connectivity index (χ3v) is 4.36. The van der Waals surface area contributed by atoms with Gasteiger partial charge in [-0.2, -0.15) is 28.1 Å². The maximum Gasteiger partial charge on any atom is 0.416 e. The number of aryl methyl sites for hydroxylation is 1. The van der Waals surface area contributed by atoms with Crippen LogP contribution in [0.5, 0.6) is 0 Å². The number of imidazole rings is 1. The van der Waals surface area contributed by atoms with E-state index >= 15 is 0 Å². The zero-order valence-electron chi connectivity index (χ0n) is 16.4. The summed E-state index contributed by atoms with van der Waals surface area (Å²) >= 11 is 0. The maximum absolute atomic E-state index is 12.8. The molecular formula is C20H18F3N7. The summed E-state index contributed by atoms with van der Waals surface area (Å²) < 4.78 is 38.3. The number of anilines is 3. The van der Waals surface area contributed by atoms with Crippen molar-refractivity contribution >= 4 is 28.6 Å². The van der Waals surface area contributed by atoms with Crippen LogP contribution >= 0.6 is 0 Å². The van der Waals surface area contributed by atoms with Crippen molar-refractivity contribution in [2.75, 3.05) is 24.3 Å². The number of nitrogens with one attached hydrogen (secondary N) is 2. The Morgan fingerprint density at radius 1 is 0.933 bits per heavy atom. The third kappa shape index (κ3) is 4.02. The van der Waals surface area contributed by atoms with E-state index in [1.807, 2.05) is 32.3 Å². The van der Waals surface area contributed by atoms with Crippen molar-refractivity contribution in [2.45, 2.75) is 13.1 Å². The van der Waals surface area contributed by atoms with Gasteiger partial charge in [0.15, 0.2) is 0 Å². The van der Waals surface area contributed by atoms with Crippen molar-refractivity contribution in [1.82, 2.24) is 24.9 Å². The largest absolute Gasteiger partial charge is 0.416 e. The first kappa shape index (κ1) is 19.6. The highest BCUT2D eigenvalue weighted by Gasteiger charge is 2.30. The van der Waals surface area contributed by atoms with Gasteiger partial charge in [0.05, 0.1) is 16.6 Å². The van der Waals surface area contributed by atoms with Crippen LogP contribution in [0.4, 0.5) is 30.8 Å². The molecule has 0 atom stereocenters. The second-order valence-electron chi connectivity index (χ2n) is 6.92. The van der Waals surface area contributed by atoms with E-state index in [4.69, 9.17) is 0 Å². The SMILES string of the molecule is Cc1nc(Nc2ccc3nc(-c4ccc(C(F)(F)F)cc4)[nH]c3c2)nc(N(C)C)n1. The van der Waals surface area contributed by atoms with Crippen LogP contribution in [0.15, 0.2) is 42.5 Å². The minimum atomic E-state index is -4.37. The summed E-state index contributed by atoms with van der Waals surface area (Å²) in [6.07, 6.45) is -4.37. The molecule has 0 unspecified atom stereocenters. The molecule has 30 heavy (non-hydrogen) atoms. The van der Waals surface area contributed by atoms with E-state index in [1.165, 1.54) is 12.1 Å². The molecule has 0 aliphatic carbocycles. The first-order chi connectivity index (χ1) is 14.2. The number of aromatic amines is 1. The molecule has 154 valence electrons. The molecule has 10 heteroatoms. The normalized spacial score (nSPS) is 11.7. The van der Waals surface area contributed by atoms with Crippen LogP contribution in [0.3, 0.4) is 0 Å². The summed E-state index contributed by atoms with van der Waals surface area (Å²) in [5.41, 5.74) is 2.03. The maximum atomic E-state index is 12.8. The Labute approximate surface area is 170 Å². The summed E-state index contributed by atoms with van der Waals surface area (Å²) in [5, 5.41) is 3.14. The Balaban J connectivity index is 1.62. The molecule has 0 aliphatic rings. The molecule has 0 saturated carbocycles. The summed E-state index contributed by atoms with van der Waals surface area (Å²) in [7, 11) is 3.69. The van der Waals surface area contributed by atoms with Crippen molar-refractivity contribution in [3.63, 3.8) is 0 Å². The monoisotopic (exact) mass is 413 g/mol. The van der Waals surface area contributed by atoms with Gasteiger partial charge in [-0.05, 0) is 37.3 Å². The average Bonchev–Trinajstić information content (AvgIpc) is 3.10. The van der Waals surface area contributed by atoms with Crippen molar-refractivity contribution in [3.05, 3.63) is 53.9 Å². The van der Waals surface area contributed by atoms with E-state index in [-0.39, 0.29) is 0 Å². The fourth-order valence-electron chi connectivity index (χ4n) is 2.89. The van der Waals surface area contributed by atoms with E-state index in [9.17, 15) is 13.2 Å². The standard InChI is InChI=1S/C20H18F3N7/c1-11-24-18(29-19(25-11)30(2)3)26-14-8-9-15-16(10-14)28-17(27-15)12-4-6-13(7-5-12)20(21,22)23/h4-10H,1-3H3,(H,27,28)(H,24,25,26,29). The van der Waals surface area contributed by atoms with Crippen LogP contribution in [0.1, 0.15) is 11.4 Å². The van der Waals surface area contributed by atoms with Gasteiger partial charge in [0.25, 0.3) is 0 Å². The molecule has 0 fully saturated rings. The summed E-state index contributed by atoms with van der Waals surface area (Å²) in [4.78, 5) is 22.3. The fourth-order valence-corrected chi connectivity index (χ4v) is 2.89. The van der Waals surface area contributed by atoms with Crippen LogP contribution in [-0.4, -0.2) is 39.0 Å². The highest BCUT2D eigenvalue weighted by molar-refractivity contribution is 5.83. The zero-order chi connectivity index (χ0) is 21.5. The predicted octanol–water partition coefficient (Wildman–Crippen LogP) is 4.55. The van der Waals surface area contributed by atoms with E-state index in [0.717, 1.165) is 23.3 Å². The molecule has 4 aromatic rings. The molecule has 2 N–H and O–H groups in total. The van der Waals surface area contributed by atoms with Gasteiger partial charge in [-0.3, -0.25) is 0 Å².